The number of carbonyl (C=O) groups excluding carboxylic acids is 1. The number of nitrogen functional groups attached to an aromatic ring is 1. The first kappa shape index (κ1) is 11.7. The number of Topliss-reactive ketones (excluding diaryl/α,β-unsaturated/α-hetero) is 1. The molecule has 2 rings (SSSR count). The van der Waals surface area contributed by atoms with Crippen LogP contribution in [0, 0.1) is 0 Å². The van der Waals surface area contributed by atoms with Gasteiger partial charge < -0.3 is 5.73 Å². The highest BCUT2D eigenvalue weighted by atomic mass is 32.1. The van der Waals surface area contributed by atoms with E-state index in [2.05, 4.69) is 15.3 Å². The Morgan fingerprint density at radius 1 is 1.59 bits per heavy atom. The van der Waals surface area contributed by atoms with Crippen LogP contribution < -0.4 is 5.73 Å². The Labute approximate surface area is 102 Å². The number of ketones is 1. The zero-order chi connectivity index (χ0) is 12.3. The average molecular weight is 251 g/mol. The average Bonchev–Trinajstić information content (AvgIpc) is 2.88. The third-order valence-corrected chi connectivity index (χ3v) is 2.97. The first-order valence-electron chi connectivity index (χ1n) is 5.32. The van der Waals surface area contributed by atoms with Gasteiger partial charge in [0.2, 0.25) is 0 Å². The van der Waals surface area contributed by atoms with Crippen molar-refractivity contribution < 1.29 is 4.79 Å². The van der Waals surface area contributed by atoms with E-state index in [1.54, 1.807) is 10.1 Å². The van der Waals surface area contributed by atoms with Crippen molar-refractivity contribution in [1.29, 1.82) is 0 Å². The van der Waals surface area contributed by atoms with Crippen LogP contribution in [-0.4, -0.2) is 25.8 Å². The number of rotatable bonds is 5. The molecule has 0 bridgehead atoms. The molecule has 0 fully saturated rings. The fourth-order valence-corrected chi connectivity index (χ4v) is 2.07. The minimum atomic E-state index is -0.0336. The Morgan fingerprint density at radius 2 is 2.41 bits per heavy atom. The molecule has 2 N–H and O–H groups in total. The molecule has 0 unspecified atom stereocenters. The van der Waals surface area contributed by atoms with E-state index in [1.165, 1.54) is 17.5 Å². The molecule has 0 atom stereocenters. The van der Waals surface area contributed by atoms with Crippen LogP contribution in [0.15, 0.2) is 11.6 Å². The van der Waals surface area contributed by atoms with Gasteiger partial charge in [-0.15, -0.1) is 16.4 Å². The SMILES string of the molecule is CCCn1nncc1C(=O)Cc1csc(N)n1. The highest BCUT2D eigenvalue weighted by Gasteiger charge is 2.14. The summed E-state index contributed by atoms with van der Waals surface area (Å²) < 4.78 is 1.62. The maximum Gasteiger partial charge on any atom is 0.188 e. The van der Waals surface area contributed by atoms with Gasteiger partial charge in [-0.05, 0) is 6.42 Å². The Balaban J connectivity index is 2.11. The predicted octanol–water partition coefficient (Wildman–Crippen LogP) is 1.15. The lowest BCUT2D eigenvalue weighted by atomic mass is 10.2. The molecule has 0 aromatic carbocycles. The number of anilines is 1. The number of aromatic nitrogens is 4. The first-order chi connectivity index (χ1) is 8.20. The summed E-state index contributed by atoms with van der Waals surface area (Å²) in [6.45, 7) is 2.72. The molecular formula is C10H13N5OS. The highest BCUT2D eigenvalue weighted by Crippen LogP contribution is 2.13. The Bertz CT molecular complexity index is 518. The second-order valence-electron chi connectivity index (χ2n) is 3.62. The molecule has 6 nitrogen and oxygen atoms in total. The van der Waals surface area contributed by atoms with Crippen molar-refractivity contribution in [2.75, 3.05) is 5.73 Å². The lowest BCUT2D eigenvalue weighted by Gasteiger charge is -2.02. The minimum Gasteiger partial charge on any atom is -0.375 e. The number of hydrogen-bond donors (Lipinski definition) is 1. The van der Waals surface area contributed by atoms with Crippen LogP contribution in [0.4, 0.5) is 5.13 Å². The van der Waals surface area contributed by atoms with Crippen LogP contribution in [0.1, 0.15) is 29.5 Å². The molecule has 0 aliphatic heterocycles. The van der Waals surface area contributed by atoms with Gasteiger partial charge in [0.1, 0.15) is 5.69 Å². The van der Waals surface area contributed by atoms with Crippen molar-refractivity contribution in [3.63, 3.8) is 0 Å². The molecular weight excluding hydrogens is 238 g/mol. The third-order valence-electron chi connectivity index (χ3n) is 2.25. The summed E-state index contributed by atoms with van der Waals surface area (Å²) in [5.74, 6) is -0.0336. The number of hydrogen-bond acceptors (Lipinski definition) is 6. The minimum absolute atomic E-state index is 0.0336. The topological polar surface area (TPSA) is 86.7 Å². The molecule has 0 aliphatic carbocycles. The summed E-state index contributed by atoms with van der Waals surface area (Å²) in [6, 6.07) is 0. The van der Waals surface area contributed by atoms with Gasteiger partial charge in [-0.1, -0.05) is 12.1 Å². The van der Waals surface area contributed by atoms with Crippen molar-refractivity contribution in [1.82, 2.24) is 20.0 Å². The van der Waals surface area contributed by atoms with Gasteiger partial charge in [-0.25, -0.2) is 9.67 Å². The zero-order valence-corrected chi connectivity index (χ0v) is 10.3. The Hall–Kier alpha value is -1.76. The van der Waals surface area contributed by atoms with Gasteiger partial charge in [0.05, 0.1) is 18.3 Å². The van der Waals surface area contributed by atoms with E-state index in [9.17, 15) is 4.79 Å². The van der Waals surface area contributed by atoms with Gasteiger partial charge >= 0.3 is 0 Å². The van der Waals surface area contributed by atoms with Crippen molar-refractivity contribution >= 4 is 22.3 Å². The molecule has 90 valence electrons. The molecule has 2 aromatic rings. The van der Waals surface area contributed by atoms with Crippen LogP contribution in [0.25, 0.3) is 0 Å². The number of aryl methyl sites for hydroxylation is 1. The second kappa shape index (κ2) is 5.05. The fraction of sp³-hybridized carbons (Fsp3) is 0.400. The van der Waals surface area contributed by atoms with E-state index >= 15 is 0 Å². The molecule has 17 heavy (non-hydrogen) atoms. The molecule has 2 aromatic heterocycles. The quantitative estimate of drug-likeness (QED) is 0.805. The summed E-state index contributed by atoms with van der Waals surface area (Å²) >= 11 is 1.33. The molecule has 7 heteroatoms. The molecule has 2 heterocycles. The van der Waals surface area contributed by atoms with Crippen molar-refractivity contribution in [2.24, 2.45) is 0 Å². The number of nitrogens with zero attached hydrogens (tertiary/aromatic N) is 4. The molecule has 0 saturated carbocycles. The monoisotopic (exact) mass is 251 g/mol. The highest BCUT2D eigenvalue weighted by molar-refractivity contribution is 7.13. The Kier molecular flexibility index (Phi) is 3.48. The molecule has 0 amide bonds. The summed E-state index contributed by atoms with van der Waals surface area (Å²) in [7, 11) is 0. The van der Waals surface area contributed by atoms with Crippen LogP contribution in [0.5, 0.6) is 0 Å². The van der Waals surface area contributed by atoms with Gasteiger partial charge in [0.15, 0.2) is 10.9 Å². The number of carbonyl (C=O) groups is 1. The smallest absolute Gasteiger partial charge is 0.188 e. The summed E-state index contributed by atoms with van der Waals surface area (Å²) in [4.78, 5) is 16.1. The molecule has 0 spiro atoms. The van der Waals surface area contributed by atoms with Crippen LogP contribution in [0.3, 0.4) is 0 Å². The lowest BCUT2D eigenvalue weighted by molar-refractivity contribution is 0.0981. The molecule has 0 radical (unpaired) electrons. The van der Waals surface area contributed by atoms with E-state index in [0.717, 1.165) is 6.42 Å². The van der Waals surface area contributed by atoms with Crippen molar-refractivity contribution in [3.8, 4) is 0 Å². The lowest BCUT2D eigenvalue weighted by Crippen LogP contribution is -2.12. The van der Waals surface area contributed by atoms with Gasteiger partial charge in [-0.2, -0.15) is 0 Å². The van der Waals surface area contributed by atoms with Crippen molar-refractivity contribution in [3.05, 3.63) is 23.0 Å². The maximum atomic E-state index is 12.0. The predicted molar refractivity (Wildman–Crippen MR) is 64.9 cm³/mol. The number of thiazole rings is 1. The van der Waals surface area contributed by atoms with Gasteiger partial charge in [-0.3, -0.25) is 4.79 Å². The van der Waals surface area contributed by atoms with Gasteiger partial charge in [0, 0.05) is 11.9 Å². The van der Waals surface area contributed by atoms with Crippen LogP contribution in [0.2, 0.25) is 0 Å². The van der Waals surface area contributed by atoms with Crippen LogP contribution in [-0.2, 0) is 13.0 Å². The molecule has 0 saturated heterocycles. The Morgan fingerprint density at radius 3 is 3.06 bits per heavy atom. The second-order valence-corrected chi connectivity index (χ2v) is 4.51. The number of nitrogens with two attached hydrogens (primary N) is 1. The van der Waals surface area contributed by atoms with E-state index in [0.29, 0.717) is 23.1 Å². The first-order valence-corrected chi connectivity index (χ1v) is 6.20. The third kappa shape index (κ3) is 2.68. The summed E-state index contributed by atoms with van der Waals surface area (Å²) in [5.41, 5.74) is 6.74. The van der Waals surface area contributed by atoms with Crippen molar-refractivity contribution in [2.45, 2.75) is 26.3 Å². The fourth-order valence-electron chi connectivity index (χ4n) is 1.51. The summed E-state index contributed by atoms with van der Waals surface area (Å²) in [6.07, 6.45) is 2.64. The van der Waals surface area contributed by atoms with Crippen LogP contribution >= 0.6 is 11.3 Å². The van der Waals surface area contributed by atoms with E-state index in [4.69, 9.17) is 5.73 Å². The normalized spacial score (nSPS) is 10.6. The van der Waals surface area contributed by atoms with E-state index < -0.39 is 0 Å². The standard InChI is InChI=1S/C10H13N5OS/c1-2-3-15-8(5-12-14-15)9(16)4-7-6-17-10(11)13-7/h5-6H,2-4H2,1H3,(H2,11,13). The molecule has 0 aliphatic rings. The maximum absolute atomic E-state index is 12.0. The van der Waals surface area contributed by atoms with E-state index in [-0.39, 0.29) is 12.2 Å². The van der Waals surface area contributed by atoms with Gasteiger partial charge in [0.25, 0.3) is 0 Å². The summed E-state index contributed by atoms with van der Waals surface area (Å²) in [5, 5.41) is 9.91. The zero-order valence-electron chi connectivity index (χ0n) is 9.46. The van der Waals surface area contributed by atoms with E-state index in [1.807, 2.05) is 6.92 Å². The largest absolute Gasteiger partial charge is 0.375 e.